The molecule has 0 aliphatic carbocycles. The van der Waals surface area contributed by atoms with E-state index in [0.717, 1.165) is 22.2 Å². The zero-order valence-electron chi connectivity index (χ0n) is 15.9. The lowest BCUT2D eigenvalue weighted by molar-refractivity contribution is 0.0601. The minimum Gasteiger partial charge on any atom is -0.497 e. The molecule has 0 saturated carbocycles. The fourth-order valence-electron chi connectivity index (χ4n) is 3.43. The van der Waals surface area contributed by atoms with E-state index in [1.165, 1.54) is 11.7 Å². The number of H-pyrrole nitrogens is 2. The van der Waals surface area contributed by atoms with E-state index in [2.05, 4.69) is 9.97 Å². The standard InChI is InChI=1S/C21H19N3O4S/c1-27-14-4-6-17-16(10-14)13(11-22-17)7-8-24-19(25)15-5-3-12(20(26)28-2)9-18(15)23-21(24)29/h3-6,9-11,22H,7-8H2,1-2H3,(H,23,29). The Bertz CT molecular complexity index is 1350. The van der Waals surface area contributed by atoms with Crippen molar-refractivity contribution in [3.8, 4) is 5.75 Å². The number of carbonyl (C=O) groups is 1. The highest BCUT2D eigenvalue weighted by atomic mass is 32.1. The molecule has 0 unspecified atom stereocenters. The van der Waals surface area contributed by atoms with Crippen molar-refractivity contribution < 1.29 is 14.3 Å². The van der Waals surface area contributed by atoms with Gasteiger partial charge in [0.25, 0.3) is 5.56 Å². The predicted molar refractivity (Wildman–Crippen MR) is 113 cm³/mol. The van der Waals surface area contributed by atoms with E-state index in [1.807, 2.05) is 24.4 Å². The molecule has 2 aromatic heterocycles. The predicted octanol–water partition coefficient (Wildman–Crippen LogP) is 3.58. The van der Waals surface area contributed by atoms with Crippen LogP contribution < -0.4 is 10.3 Å². The monoisotopic (exact) mass is 409 g/mol. The molecule has 7 nitrogen and oxygen atoms in total. The number of fused-ring (bicyclic) bond motifs is 2. The second kappa shape index (κ2) is 7.56. The van der Waals surface area contributed by atoms with Gasteiger partial charge in [-0.25, -0.2) is 4.79 Å². The number of nitrogens with zero attached hydrogens (tertiary/aromatic N) is 1. The Kier molecular flexibility index (Phi) is 4.94. The van der Waals surface area contributed by atoms with Crippen LogP contribution in [-0.2, 0) is 17.7 Å². The van der Waals surface area contributed by atoms with Crippen molar-refractivity contribution in [1.29, 1.82) is 0 Å². The van der Waals surface area contributed by atoms with Crippen molar-refractivity contribution in [1.82, 2.24) is 14.5 Å². The van der Waals surface area contributed by atoms with E-state index in [1.54, 1.807) is 25.3 Å². The van der Waals surface area contributed by atoms with E-state index >= 15 is 0 Å². The third-order valence-corrected chi connectivity index (χ3v) is 5.30. The van der Waals surface area contributed by atoms with Crippen LogP contribution in [0.1, 0.15) is 15.9 Å². The number of rotatable bonds is 5. The van der Waals surface area contributed by atoms with Crippen LogP contribution in [0.15, 0.2) is 47.4 Å². The first-order valence-electron chi connectivity index (χ1n) is 9.01. The minimum atomic E-state index is -0.467. The van der Waals surface area contributed by atoms with Gasteiger partial charge < -0.3 is 19.4 Å². The molecule has 4 aromatic rings. The summed E-state index contributed by atoms with van der Waals surface area (Å²) in [6, 6.07) is 10.6. The molecular formula is C21H19N3O4S. The Morgan fingerprint density at radius 1 is 1.10 bits per heavy atom. The normalized spacial score (nSPS) is 11.1. The summed E-state index contributed by atoms with van der Waals surface area (Å²) in [5.41, 5.74) is 2.75. The number of methoxy groups -OCH3 is 2. The van der Waals surface area contributed by atoms with Crippen LogP contribution in [0, 0.1) is 4.77 Å². The first kappa shape index (κ1) is 18.9. The van der Waals surface area contributed by atoms with Gasteiger partial charge in [-0.3, -0.25) is 9.36 Å². The highest BCUT2D eigenvalue weighted by Gasteiger charge is 2.12. The van der Waals surface area contributed by atoms with Crippen LogP contribution in [-0.4, -0.2) is 34.7 Å². The van der Waals surface area contributed by atoms with Crippen LogP contribution in [0.4, 0.5) is 0 Å². The molecule has 0 radical (unpaired) electrons. The number of carbonyl (C=O) groups excluding carboxylic acids is 1. The molecule has 0 fully saturated rings. The van der Waals surface area contributed by atoms with Crippen LogP contribution in [0.25, 0.3) is 21.8 Å². The molecule has 2 aromatic carbocycles. The number of benzene rings is 2. The van der Waals surface area contributed by atoms with Gasteiger partial charge in [0.1, 0.15) is 5.75 Å². The first-order chi connectivity index (χ1) is 14.0. The minimum absolute atomic E-state index is 0.197. The van der Waals surface area contributed by atoms with Crippen LogP contribution >= 0.6 is 12.2 Å². The van der Waals surface area contributed by atoms with Crippen molar-refractivity contribution in [2.45, 2.75) is 13.0 Å². The van der Waals surface area contributed by atoms with Gasteiger partial charge in [0.15, 0.2) is 4.77 Å². The molecule has 0 spiro atoms. The smallest absolute Gasteiger partial charge is 0.337 e. The zero-order chi connectivity index (χ0) is 20.5. The Hall–Kier alpha value is -3.39. The quantitative estimate of drug-likeness (QED) is 0.389. The fraction of sp³-hybridized carbons (Fsp3) is 0.190. The number of aryl methyl sites for hydroxylation is 1. The second-order valence-electron chi connectivity index (χ2n) is 6.61. The average Bonchev–Trinajstić information content (AvgIpc) is 3.14. The number of ether oxygens (including phenoxy) is 2. The lowest BCUT2D eigenvalue weighted by Gasteiger charge is -2.09. The number of hydrogen-bond donors (Lipinski definition) is 2. The molecule has 0 saturated heterocycles. The second-order valence-corrected chi connectivity index (χ2v) is 7.00. The fourth-order valence-corrected chi connectivity index (χ4v) is 3.71. The van der Waals surface area contributed by atoms with Crippen LogP contribution in [0.2, 0.25) is 0 Å². The highest BCUT2D eigenvalue weighted by molar-refractivity contribution is 7.71. The van der Waals surface area contributed by atoms with Gasteiger partial charge in [-0.2, -0.15) is 0 Å². The van der Waals surface area contributed by atoms with Crippen LogP contribution in [0.5, 0.6) is 5.75 Å². The SMILES string of the molecule is COC(=O)c1ccc2c(=O)n(CCc3c[nH]c4ccc(OC)cc34)c(=S)[nH]c2c1. The molecule has 0 atom stereocenters. The highest BCUT2D eigenvalue weighted by Crippen LogP contribution is 2.24. The summed E-state index contributed by atoms with van der Waals surface area (Å²) in [5, 5.41) is 1.52. The summed E-state index contributed by atoms with van der Waals surface area (Å²) < 4.78 is 11.9. The summed E-state index contributed by atoms with van der Waals surface area (Å²) >= 11 is 5.40. The maximum absolute atomic E-state index is 13.0. The molecule has 0 aliphatic heterocycles. The van der Waals surface area contributed by atoms with Crippen molar-refractivity contribution >= 4 is 40.0 Å². The Morgan fingerprint density at radius 2 is 1.93 bits per heavy atom. The molecular weight excluding hydrogens is 390 g/mol. The number of aromatic nitrogens is 3. The van der Waals surface area contributed by atoms with E-state index in [4.69, 9.17) is 21.7 Å². The zero-order valence-corrected chi connectivity index (χ0v) is 16.8. The first-order valence-corrected chi connectivity index (χ1v) is 9.42. The van der Waals surface area contributed by atoms with E-state index < -0.39 is 5.97 Å². The van der Waals surface area contributed by atoms with Crippen molar-refractivity contribution in [2.24, 2.45) is 0 Å². The Balaban J connectivity index is 1.69. The lowest BCUT2D eigenvalue weighted by atomic mass is 10.1. The molecule has 0 bridgehead atoms. The molecule has 29 heavy (non-hydrogen) atoms. The molecule has 2 N–H and O–H groups in total. The van der Waals surface area contributed by atoms with Crippen molar-refractivity contribution in [3.05, 3.63) is 68.8 Å². The average molecular weight is 409 g/mol. The van der Waals surface area contributed by atoms with Gasteiger partial charge in [0.2, 0.25) is 0 Å². The summed E-state index contributed by atoms with van der Waals surface area (Å²) in [4.78, 5) is 31.0. The van der Waals surface area contributed by atoms with E-state index in [9.17, 15) is 9.59 Å². The molecule has 0 aliphatic rings. The van der Waals surface area contributed by atoms with E-state index in [0.29, 0.717) is 34.2 Å². The Morgan fingerprint density at radius 3 is 2.69 bits per heavy atom. The van der Waals surface area contributed by atoms with Gasteiger partial charge in [-0.15, -0.1) is 0 Å². The summed E-state index contributed by atoms with van der Waals surface area (Å²) in [6.45, 7) is 0.424. The van der Waals surface area contributed by atoms with Gasteiger partial charge in [0.05, 0.1) is 30.7 Å². The van der Waals surface area contributed by atoms with Gasteiger partial charge >= 0.3 is 5.97 Å². The van der Waals surface area contributed by atoms with Crippen molar-refractivity contribution in [3.63, 3.8) is 0 Å². The molecule has 148 valence electrons. The topological polar surface area (TPSA) is 89.1 Å². The molecule has 2 heterocycles. The molecule has 8 heteroatoms. The summed E-state index contributed by atoms with van der Waals surface area (Å²) in [7, 11) is 2.94. The van der Waals surface area contributed by atoms with Gasteiger partial charge in [-0.1, -0.05) is 0 Å². The number of hydrogen-bond acceptors (Lipinski definition) is 5. The molecule has 0 amide bonds. The lowest BCUT2D eigenvalue weighted by Crippen LogP contribution is -2.23. The summed E-state index contributed by atoms with van der Waals surface area (Å²) in [5.74, 6) is 0.310. The molecule has 4 rings (SSSR count). The maximum atomic E-state index is 13.0. The number of nitrogens with one attached hydrogen (secondary N) is 2. The largest absolute Gasteiger partial charge is 0.497 e. The third kappa shape index (κ3) is 3.42. The number of esters is 1. The summed E-state index contributed by atoms with van der Waals surface area (Å²) in [6.07, 6.45) is 2.56. The van der Waals surface area contributed by atoms with E-state index in [-0.39, 0.29) is 5.56 Å². The maximum Gasteiger partial charge on any atom is 0.337 e. The Labute approximate surface area is 170 Å². The third-order valence-electron chi connectivity index (χ3n) is 4.98. The van der Waals surface area contributed by atoms with Gasteiger partial charge in [0, 0.05) is 23.6 Å². The number of aromatic amines is 2. The van der Waals surface area contributed by atoms with Crippen molar-refractivity contribution in [2.75, 3.05) is 14.2 Å². The van der Waals surface area contributed by atoms with Gasteiger partial charge in [-0.05, 0) is 60.6 Å². The van der Waals surface area contributed by atoms with Crippen LogP contribution in [0.3, 0.4) is 0 Å².